The lowest BCUT2D eigenvalue weighted by Crippen LogP contribution is -2.33. The zero-order valence-corrected chi connectivity index (χ0v) is 24.2. The van der Waals surface area contributed by atoms with E-state index >= 15 is 0 Å². The Kier molecular flexibility index (Phi) is 9.64. The molecule has 0 saturated carbocycles. The van der Waals surface area contributed by atoms with E-state index in [-0.39, 0.29) is 17.9 Å². The molecular weight excluding hydrogens is 514 g/mol. The van der Waals surface area contributed by atoms with Crippen LogP contribution in [0.15, 0.2) is 53.6 Å². The summed E-state index contributed by atoms with van der Waals surface area (Å²) in [6.45, 7) is 13.8. The molecule has 2 amide bonds. The maximum Gasteiger partial charge on any atom is 0.341 e. The number of amides is 2. The summed E-state index contributed by atoms with van der Waals surface area (Å²) in [6, 6.07) is 14.4. The summed E-state index contributed by atoms with van der Waals surface area (Å²) in [7, 11) is 0. The molecule has 1 atom stereocenters. The normalized spacial score (nSPS) is 12.2. The fourth-order valence-corrected chi connectivity index (χ4v) is 4.66. The van der Waals surface area contributed by atoms with E-state index in [0.717, 1.165) is 16.0 Å². The molecule has 0 saturated heterocycles. The molecule has 2 N–H and O–H groups in total. The van der Waals surface area contributed by atoms with E-state index in [4.69, 9.17) is 9.47 Å². The van der Waals surface area contributed by atoms with Crippen molar-refractivity contribution in [2.45, 2.75) is 60.0 Å². The highest BCUT2D eigenvalue weighted by Gasteiger charge is 2.22. The molecule has 0 bridgehead atoms. The maximum absolute atomic E-state index is 12.8. The molecular formula is C30H35N3O5S. The minimum absolute atomic E-state index is 0.0641. The van der Waals surface area contributed by atoms with E-state index in [9.17, 15) is 14.4 Å². The molecule has 0 fully saturated rings. The Labute approximate surface area is 233 Å². The molecule has 9 heteroatoms. The Morgan fingerprint density at radius 3 is 2.26 bits per heavy atom. The highest BCUT2D eigenvalue weighted by atomic mass is 32.1. The van der Waals surface area contributed by atoms with Gasteiger partial charge in [-0.3, -0.25) is 9.59 Å². The van der Waals surface area contributed by atoms with Gasteiger partial charge in [0.1, 0.15) is 10.8 Å². The summed E-state index contributed by atoms with van der Waals surface area (Å²) in [5, 5.41) is 7.28. The Morgan fingerprint density at radius 1 is 1.03 bits per heavy atom. The van der Waals surface area contributed by atoms with Crippen molar-refractivity contribution in [3.63, 3.8) is 0 Å². The highest BCUT2D eigenvalue weighted by Crippen LogP contribution is 2.33. The lowest BCUT2D eigenvalue weighted by Gasteiger charge is -2.18. The fourth-order valence-electron chi connectivity index (χ4n) is 3.61. The van der Waals surface area contributed by atoms with Crippen molar-refractivity contribution in [1.29, 1.82) is 0 Å². The summed E-state index contributed by atoms with van der Waals surface area (Å²) in [4.78, 5) is 38.5. The predicted molar refractivity (Wildman–Crippen MR) is 155 cm³/mol. The van der Waals surface area contributed by atoms with Crippen LogP contribution in [0, 0.1) is 13.8 Å². The van der Waals surface area contributed by atoms with E-state index in [1.165, 1.54) is 16.9 Å². The minimum Gasteiger partial charge on any atom is -0.481 e. The van der Waals surface area contributed by atoms with Gasteiger partial charge in [0.2, 0.25) is 0 Å². The molecule has 1 heterocycles. The van der Waals surface area contributed by atoms with Crippen LogP contribution in [0.3, 0.4) is 0 Å². The van der Waals surface area contributed by atoms with E-state index in [1.807, 2.05) is 38.1 Å². The fraction of sp³-hybridized carbons (Fsp3) is 0.333. The average Bonchev–Trinajstić information content (AvgIpc) is 3.16. The zero-order valence-electron chi connectivity index (χ0n) is 23.4. The van der Waals surface area contributed by atoms with Crippen LogP contribution >= 0.6 is 11.3 Å². The molecule has 0 spiro atoms. The number of rotatable bonds is 9. The topological polar surface area (TPSA) is 106 Å². The number of benzene rings is 2. The second-order valence-electron chi connectivity index (χ2n) is 10.1. The molecule has 8 nitrogen and oxygen atoms in total. The van der Waals surface area contributed by atoms with Gasteiger partial charge in [-0.05, 0) is 74.1 Å². The first-order valence-corrected chi connectivity index (χ1v) is 13.5. The van der Waals surface area contributed by atoms with Crippen molar-refractivity contribution in [3.05, 3.63) is 81.2 Å². The van der Waals surface area contributed by atoms with Gasteiger partial charge in [-0.15, -0.1) is 11.3 Å². The summed E-state index contributed by atoms with van der Waals surface area (Å²) in [6.07, 6.45) is 0.767. The molecule has 206 valence electrons. The molecule has 1 unspecified atom stereocenters. The Hall–Kier alpha value is -3.98. The second-order valence-corrected chi connectivity index (χ2v) is 11.3. The first-order valence-electron chi connectivity index (χ1n) is 12.7. The molecule has 1 aromatic heterocycles. The van der Waals surface area contributed by atoms with Gasteiger partial charge in [-0.1, -0.05) is 45.0 Å². The number of esters is 1. The number of carbonyl (C=O) groups is 3. The number of anilines is 1. The molecule has 2 aromatic carbocycles. The number of carbonyl (C=O) groups excluding carboxylic acids is 3. The largest absolute Gasteiger partial charge is 0.481 e. The molecule has 0 aliphatic rings. The van der Waals surface area contributed by atoms with Crippen LogP contribution in [-0.2, 0) is 14.9 Å². The minimum atomic E-state index is -0.811. The van der Waals surface area contributed by atoms with E-state index in [0.29, 0.717) is 21.9 Å². The standard InChI is InChI=1S/C30H35N3O5S/c1-8-37-29(36)25-18(2)20(4)39-28(25)32-27(35)22-11-15-24(16-12-22)38-19(3)26(34)33-31-17-21-9-13-23(14-10-21)30(5,6)7/h9-17,19H,8H2,1-7H3,(H,32,35)(H,33,34). The first kappa shape index (κ1) is 29.6. The van der Waals surface area contributed by atoms with Gasteiger partial charge in [0.05, 0.1) is 18.4 Å². The monoisotopic (exact) mass is 549 g/mol. The number of nitrogens with zero attached hydrogens (tertiary/aromatic N) is 1. The number of hydrogen-bond acceptors (Lipinski definition) is 7. The van der Waals surface area contributed by atoms with Crippen molar-refractivity contribution in [2.75, 3.05) is 11.9 Å². The molecule has 3 rings (SSSR count). The van der Waals surface area contributed by atoms with Crippen LogP contribution in [-0.4, -0.2) is 36.7 Å². The maximum atomic E-state index is 12.8. The number of hydrogen-bond donors (Lipinski definition) is 2. The van der Waals surface area contributed by atoms with Gasteiger partial charge >= 0.3 is 5.97 Å². The summed E-state index contributed by atoms with van der Waals surface area (Å²) in [5.41, 5.74) is 6.17. The van der Waals surface area contributed by atoms with E-state index < -0.39 is 18.0 Å². The summed E-state index contributed by atoms with van der Waals surface area (Å²) >= 11 is 1.33. The van der Waals surface area contributed by atoms with Gasteiger partial charge in [0.15, 0.2) is 6.10 Å². The average molecular weight is 550 g/mol. The Balaban J connectivity index is 1.56. The Morgan fingerprint density at radius 2 is 1.67 bits per heavy atom. The van der Waals surface area contributed by atoms with Gasteiger partial charge < -0.3 is 14.8 Å². The number of nitrogens with one attached hydrogen (secondary N) is 2. The van der Waals surface area contributed by atoms with Crippen molar-refractivity contribution in [3.8, 4) is 5.75 Å². The van der Waals surface area contributed by atoms with E-state index in [1.54, 1.807) is 44.3 Å². The van der Waals surface area contributed by atoms with Crippen LogP contribution in [0.4, 0.5) is 5.00 Å². The summed E-state index contributed by atoms with van der Waals surface area (Å²) in [5.74, 6) is -0.822. The number of aryl methyl sites for hydroxylation is 1. The van der Waals surface area contributed by atoms with Gasteiger partial charge in [0.25, 0.3) is 11.8 Å². The van der Waals surface area contributed by atoms with Crippen LogP contribution in [0.25, 0.3) is 0 Å². The predicted octanol–water partition coefficient (Wildman–Crippen LogP) is 6.01. The second kappa shape index (κ2) is 12.7. The lowest BCUT2D eigenvalue weighted by molar-refractivity contribution is -0.127. The van der Waals surface area contributed by atoms with Crippen LogP contribution in [0.5, 0.6) is 5.75 Å². The molecule has 0 aliphatic carbocycles. The molecule has 3 aromatic rings. The van der Waals surface area contributed by atoms with Crippen LogP contribution in [0.1, 0.15) is 76.9 Å². The first-order chi connectivity index (χ1) is 18.4. The lowest BCUT2D eigenvalue weighted by atomic mass is 9.87. The van der Waals surface area contributed by atoms with E-state index in [2.05, 4.69) is 36.6 Å². The van der Waals surface area contributed by atoms with Crippen LogP contribution < -0.4 is 15.5 Å². The van der Waals surface area contributed by atoms with Crippen molar-refractivity contribution in [2.24, 2.45) is 5.10 Å². The molecule has 39 heavy (non-hydrogen) atoms. The smallest absolute Gasteiger partial charge is 0.341 e. The number of ether oxygens (including phenoxy) is 2. The number of thiophene rings is 1. The van der Waals surface area contributed by atoms with Crippen LogP contribution in [0.2, 0.25) is 0 Å². The third-order valence-electron chi connectivity index (χ3n) is 6.06. The van der Waals surface area contributed by atoms with Crippen molar-refractivity contribution >= 4 is 40.3 Å². The molecule has 0 radical (unpaired) electrons. The summed E-state index contributed by atoms with van der Waals surface area (Å²) < 4.78 is 10.8. The Bertz CT molecular complexity index is 1350. The molecule has 0 aliphatic heterocycles. The van der Waals surface area contributed by atoms with Gasteiger partial charge in [-0.2, -0.15) is 5.10 Å². The zero-order chi connectivity index (χ0) is 28.7. The van der Waals surface area contributed by atoms with Gasteiger partial charge in [-0.25, -0.2) is 10.2 Å². The quantitative estimate of drug-likeness (QED) is 0.193. The third kappa shape index (κ3) is 7.77. The number of hydrazone groups is 1. The highest BCUT2D eigenvalue weighted by molar-refractivity contribution is 7.16. The van der Waals surface area contributed by atoms with Crippen molar-refractivity contribution in [1.82, 2.24) is 5.43 Å². The third-order valence-corrected chi connectivity index (χ3v) is 7.18. The van der Waals surface area contributed by atoms with Gasteiger partial charge in [0, 0.05) is 10.4 Å². The SMILES string of the molecule is CCOC(=O)c1c(NC(=O)c2ccc(OC(C)C(=O)NN=Cc3ccc(C(C)(C)C)cc3)cc2)sc(C)c1C. The van der Waals surface area contributed by atoms with Crippen molar-refractivity contribution < 1.29 is 23.9 Å².